The molecule has 0 aliphatic rings. The van der Waals surface area contributed by atoms with E-state index < -0.39 is 0 Å². The summed E-state index contributed by atoms with van der Waals surface area (Å²) in [5, 5.41) is 4.14. The van der Waals surface area contributed by atoms with Crippen LogP contribution in [0.1, 0.15) is 28.9 Å². The van der Waals surface area contributed by atoms with E-state index in [2.05, 4.69) is 81.9 Å². The van der Waals surface area contributed by atoms with Crippen molar-refractivity contribution in [3.63, 3.8) is 0 Å². The van der Waals surface area contributed by atoms with Gasteiger partial charge in [0.2, 0.25) is 5.91 Å². The number of nitrogens with one attached hydrogen (secondary N) is 1. The average molecular weight is 471 g/mol. The quantitative estimate of drug-likeness (QED) is 0.314. The normalized spacial score (nSPS) is 11.1. The minimum atomic E-state index is -0.0819. The predicted octanol–water partition coefficient (Wildman–Crippen LogP) is 4.78. The first kappa shape index (κ1) is 19.4. The molecule has 138 valence electrons. The molecule has 1 amide bonds. The predicted molar refractivity (Wildman–Crippen MR) is 118 cm³/mol. The van der Waals surface area contributed by atoms with Crippen molar-refractivity contribution >= 4 is 34.7 Å². The van der Waals surface area contributed by atoms with Crippen LogP contribution in [0.15, 0.2) is 65.8 Å². The molecule has 0 bridgehead atoms. The lowest BCUT2D eigenvalue weighted by Gasteiger charge is -2.09. The van der Waals surface area contributed by atoms with Crippen LogP contribution in [0.5, 0.6) is 0 Å². The van der Waals surface area contributed by atoms with E-state index in [1.807, 2.05) is 30.3 Å². The first-order chi connectivity index (χ1) is 13.0. The van der Waals surface area contributed by atoms with Crippen LogP contribution in [-0.2, 0) is 11.2 Å². The summed E-state index contributed by atoms with van der Waals surface area (Å²) in [4.78, 5) is 12.0. The number of nitrogens with zero attached hydrogens (tertiary/aromatic N) is 2. The zero-order chi connectivity index (χ0) is 19.2. The highest BCUT2D eigenvalue weighted by Gasteiger charge is 2.09. The number of aryl methyl sites for hydroxylation is 2. The van der Waals surface area contributed by atoms with Crippen molar-refractivity contribution in [1.29, 1.82) is 0 Å². The monoisotopic (exact) mass is 471 g/mol. The van der Waals surface area contributed by atoms with Gasteiger partial charge in [-0.25, -0.2) is 5.43 Å². The van der Waals surface area contributed by atoms with Gasteiger partial charge in [0.25, 0.3) is 0 Å². The fourth-order valence-electron chi connectivity index (χ4n) is 3.04. The van der Waals surface area contributed by atoms with Gasteiger partial charge in [-0.1, -0.05) is 30.3 Å². The first-order valence-corrected chi connectivity index (χ1v) is 9.93. The Morgan fingerprint density at radius 2 is 1.81 bits per heavy atom. The van der Waals surface area contributed by atoms with Gasteiger partial charge in [-0.05, 0) is 78.8 Å². The number of benzene rings is 2. The summed E-state index contributed by atoms with van der Waals surface area (Å²) in [5.41, 5.74) is 8.12. The van der Waals surface area contributed by atoms with Crippen LogP contribution in [0, 0.1) is 17.4 Å². The Labute approximate surface area is 173 Å². The number of amides is 1. The highest BCUT2D eigenvalue weighted by atomic mass is 127. The minimum absolute atomic E-state index is 0.0819. The fraction of sp³-hybridized carbons (Fsp3) is 0.182. The zero-order valence-electron chi connectivity index (χ0n) is 15.4. The summed E-state index contributed by atoms with van der Waals surface area (Å²) >= 11 is 2.30. The van der Waals surface area contributed by atoms with Crippen molar-refractivity contribution in [2.45, 2.75) is 26.7 Å². The molecule has 4 nitrogen and oxygen atoms in total. The molecule has 0 saturated carbocycles. The van der Waals surface area contributed by atoms with E-state index >= 15 is 0 Å². The molecule has 2 aromatic carbocycles. The van der Waals surface area contributed by atoms with Crippen LogP contribution in [0.2, 0.25) is 0 Å². The minimum Gasteiger partial charge on any atom is -0.318 e. The van der Waals surface area contributed by atoms with Crippen LogP contribution in [0.4, 0.5) is 0 Å². The van der Waals surface area contributed by atoms with Crippen molar-refractivity contribution < 1.29 is 4.79 Å². The lowest BCUT2D eigenvalue weighted by Crippen LogP contribution is -2.17. The van der Waals surface area contributed by atoms with Gasteiger partial charge in [-0.3, -0.25) is 4.79 Å². The molecule has 3 rings (SSSR count). The molecule has 0 unspecified atom stereocenters. The molecule has 0 spiro atoms. The summed E-state index contributed by atoms with van der Waals surface area (Å²) in [7, 11) is 0. The number of aromatic nitrogens is 1. The molecule has 27 heavy (non-hydrogen) atoms. The molecule has 0 saturated heterocycles. The molecule has 3 aromatic rings. The maximum absolute atomic E-state index is 12.0. The number of hydrazone groups is 1. The van der Waals surface area contributed by atoms with Crippen molar-refractivity contribution in [3.8, 4) is 5.69 Å². The Morgan fingerprint density at radius 1 is 1.11 bits per heavy atom. The number of hydrogen-bond acceptors (Lipinski definition) is 2. The Bertz CT molecular complexity index is 944. The highest BCUT2D eigenvalue weighted by molar-refractivity contribution is 14.1. The van der Waals surface area contributed by atoms with E-state index in [0.717, 1.165) is 28.2 Å². The smallest absolute Gasteiger partial charge is 0.240 e. The van der Waals surface area contributed by atoms with Crippen LogP contribution < -0.4 is 5.43 Å². The van der Waals surface area contributed by atoms with E-state index in [0.29, 0.717) is 12.8 Å². The fourth-order valence-corrected chi connectivity index (χ4v) is 3.40. The van der Waals surface area contributed by atoms with E-state index in [1.165, 1.54) is 3.57 Å². The summed E-state index contributed by atoms with van der Waals surface area (Å²) < 4.78 is 3.40. The topological polar surface area (TPSA) is 46.4 Å². The van der Waals surface area contributed by atoms with Gasteiger partial charge in [-0.2, -0.15) is 5.10 Å². The number of carbonyl (C=O) groups is 1. The second kappa shape index (κ2) is 8.99. The van der Waals surface area contributed by atoms with Gasteiger partial charge in [0, 0.05) is 32.6 Å². The van der Waals surface area contributed by atoms with Crippen molar-refractivity contribution in [2.24, 2.45) is 5.10 Å². The summed E-state index contributed by atoms with van der Waals surface area (Å²) in [6, 6.07) is 20.5. The Balaban J connectivity index is 1.63. The second-order valence-corrected chi connectivity index (χ2v) is 7.66. The average Bonchev–Trinajstić information content (AvgIpc) is 2.95. The van der Waals surface area contributed by atoms with Gasteiger partial charge in [-0.15, -0.1) is 0 Å². The molecule has 5 heteroatoms. The molecule has 1 N–H and O–H groups in total. The lowest BCUT2D eigenvalue weighted by atomic mass is 10.1. The number of carbonyl (C=O) groups excluding carboxylic acids is 1. The van der Waals surface area contributed by atoms with Gasteiger partial charge in [0.05, 0.1) is 6.21 Å². The lowest BCUT2D eigenvalue weighted by molar-refractivity contribution is -0.121. The van der Waals surface area contributed by atoms with E-state index in [-0.39, 0.29) is 5.91 Å². The van der Waals surface area contributed by atoms with Crippen molar-refractivity contribution in [2.75, 3.05) is 0 Å². The summed E-state index contributed by atoms with van der Waals surface area (Å²) in [5.74, 6) is -0.0819. The first-order valence-electron chi connectivity index (χ1n) is 8.85. The van der Waals surface area contributed by atoms with Gasteiger partial charge >= 0.3 is 0 Å². The number of rotatable bonds is 6. The molecular formula is C22H22IN3O. The molecule has 0 fully saturated rings. The Kier molecular flexibility index (Phi) is 6.45. The number of halogens is 1. The van der Waals surface area contributed by atoms with E-state index in [1.54, 1.807) is 6.21 Å². The van der Waals surface area contributed by atoms with Crippen molar-refractivity contribution in [3.05, 3.63) is 86.7 Å². The summed E-state index contributed by atoms with van der Waals surface area (Å²) in [6.45, 7) is 4.13. The van der Waals surface area contributed by atoms with Crippen LogP contribution in [0.3, 0.4) is 0 Å². The maximum atomic E-state index is 12.0. The van der Waals surface area contributed by atoms with Gasteiger partial charge in [0.15, 0.2) is 0 Å². The van der Waals surface area contributed by atoms with E-state index in [9.17, 15) is 4.79 Å². The molecule has 1 aromatic heterocycles. The molecule has 0 radical (unpaired) electrons. The molecular weight excluding hydrogens is 449 g/mol. The highest BCUT2D eigenvalue weighted by Crippen LogP contribution is 2.20. The van der Waals surface area contributed by atoms with Crippen LogP contribution in [0.25, 0.3) is 5.69 Å². The van der Waals surface area contributed by atoms with E-state index in [4.69, 9.17) is 0 Å². The Hall–Kier alpha value is -2.41. The van der Waals surface area contributed by atoms with Crippen molar-refractivity contribution in [1.82, 2.24) is 9.99 Å². The third-order valence-electron chi connectivity index (χ3n) is 4.43. The molecule has 0 atom stereocenters. The molecule has 1 heterocycles. The maximum Gasteiger partial charge on any atom is 0.240 e. The Morgan fingerprint density at radius 3 is 2.52 bits per heavy atom. The third-order valence-corrected chi connectivity index (χ3v) is 5.15. The third kappa shape index (κ3) is 5.07. The number of hydrogen-bond donors (Lipinski definition) is 1. The summed E-state index contributed by atoms with van der Waals surface area (Å²) in [6.07, 6.45) is 2.85. The molecule has 0 aliphatic carbocycles. The van der Waals surface area contributed by atoms with Gasteiger partial charge < -0.3 is 4.57 Å². The standard InChI is InChI=1S/C22H22IN3O/c1-16-14-19(17(2)26(16)21-11-9-20(23)10-12-21)15-24-25-22(27)13-8-18-6-4-3-5-7-18/h3-7,9-12,14-15H,8,13H2,1-2H3,(H,25,27)/b24-15-. The zero-order valence-corrected chi connectivity index (χ0v) is 17.6. The van der Waals surface area contributed by atoms with Gasteiger partial charge in [0.1, 0.15) is 0 Å². The van der Waals surface area contributed by atoms with Crippen LogP contribution in [-0.4, -0.2) is 16.7 Å². The second-order valence-electron chi connectivity index (χ2n) is 6.42. The van der Waals surface area contributed by atoms with Crippen LogP contribution >= 0.6 is 22.6 Å². The molecule has 0 aliphatic heterocycles. The SMILES string of the molecule is Cc1cc(/C=N\NC(=O)CCc2ccccc2)c(C)n1-c1ccc(I)cc1. The largest absolute Gasteiger partial charge is 0.318 e.